The van der Waals surface area contributed by atoms with Gasteiger partial charge in [-0.25, -0.2) is 0 Å². The van der Waals surface area contributed by atoms with Crippen LogP contribution < -0.4 is 0 Å². The topological polar surface area (TPSA) is 12.9 Å². The highest BCUT2D eigenvalue weighted by atomic mass is 14.6. The number of hydrogen-bond acceptors (Lipinski definition) is 1. The van der Waals surface area contributed by atoms with E-state index in [0.717, 1.165) is 22.0 Å². The number of aromatic nitrogens is 1. The van der Waals surface area contributed by atoms with Crippen LogP contribution in [-0.2, 0) is 0 Å². The summed E-state index contributed by atoms with van der Waals surface area (Å²) < 4.78 is 0. The van der Waals surface area contributed by atoms with Crippen LogP contribution in [0.4, 0.5) is 0 Å². The highest BCUT2D eigenvalue weighted by Crippen LogP contribution is 2.14. The van der Waals surface area contributed by atoms with Gasteiger partial charge in [0.1, 0.15) is 0 Å². The predicted octanol–water partition coefficient (Wildman–Crippen LogP) is 2.20. The van der Waals surface area contributed by atoms with Crippen LogP contribution in [0.5, 0.6) is 0 Å². The fourth-order valence-electron chi connectivity index (χ4n) is 1.30. The summed E-state index contributed by atoms with van der Waals surface area (Å²) in [6.45, 7) is 0. The van der Waals surface area contributed by atoms with Crippen molar-refractivity contribution in [2.45, 2.75) is 0 Å². The molecule has 0 saturated heterocycles. The lowest BCUT2D eigenvalue weighted by molar-refractivity contribution is 1.39. The minimum atomic E-state index is 0.770. The molecular weight excluding hydrogens is 170 g/mol. The average Bonchev–Trinajstić information content (AvgIpc) is 2.27. The summed E-state index contributed by atoms with van der Waals surface area (Å²) in [6.07, 6.45) is 12.3. The number of fused-ring (bicyclic) bond motifs is 1. The molecule has 0 spiro atoms. The van der Waals surface area contributed by atoms with E-state index in [0.29, 0.717) is 0 Å². The second-order valence-corrected chi connectivity index (χ2v) is 2.92. The molecule has 0 bridgehead atoms. The van der Waals surface area contributed by atoms with E-state index in [-0.39, 0.29) is 0 Å². The lowest BCUT2D eigenvalue weighted by Gasteiger charge is -1.98. The van der Waals surface area contributed by atoms with Gasteiger partial charge < -0.3 is 0 Å². The Morgan fingerprint density at radius 1 is 1.00 bits per heavy atom. The van der Waals surface area contributed by atoms with Crippen LogP contribution in [0.1, 0.15) is 11.1 Å². The summed E-state index contributed by atoms with van der Waals surface area (Å²) in [5, 5.41) is 0.982. The van der Waals surface area contributed by atoms with Crippen molar-refractivity contribution in [3.8, 4) is 24.7 Å². The first-order chi connectivity index (χ1) is 6.83. The van der Waals surface area contributed by atoms with Crippen LogP contribution in [0.25, 0.3) is 10.9 Å². The fourth-order valence-corrected chi connectivity index (χ4v) is 1.30. The maximum Gasteiger partial charge on any atom is 0.0703 e. The highest BCUT2D eigenvalue weighted by molar-refractivity contribution is 5.81. The third-order valence-electron chi connectivity index (χ3n) is 2.01. The van der Waals surface area contributed by atoms with Crippen molar-refractivity contribution in [2.75, 3.05) is 0 Å². The zero-order chi connectivity index (χ0) is 9.97. The second-order valence-electron chi connectivity index (χ2n) is 2.92. The van der Waals surface area contributed by atoms with Crippen LogP contribution in [0.2, 0.25) is 0 Å². The van der Waals surface area contributed by atoms with E-state index in [4.69, 9.17) is 12.8 Å². The molecule has 0 aliphatic heterocycles. The number of benzene rings is 1. The molecule has 1 heterocycles. The second kappa shape index (κ2) is 3.24. The van der Waals surface area contributed by atoms with Gasteiger partial charge in [-0.1, -0.05) is 11.8 Å². The summed E-state index contributed by atoms with van der Waals surface area (Å²) in [4.78, 5) is 4.22. The first kappa shape index (κ1) is 8.35. The minimum Gasteiger partial charge on any atom is -0.255 e. The molecule has 0 saturated carbocycles. The van der Waals surface area contributed by atoms with Crippen LogP contribution >= 0.6 is 0 Å². The van der Waals surface area contributed by atoms with Gasteiger partial charge in [-0.05, 0) is 24.3 Å². The fraction of sp³-hybridized carbons (Fsp3) is 0. The molecule has 0 aliphatic rings. The number of pyridine rings is 1. The van der Waals surface area contributed by atoms with E-state index in [1.54, 1.807) is 6.20 Å². The average molecular weight is 177 g/mol. The van der Waals surface area contributed by atoms with Gasteiger partial charge in [0.15, 0.2) is 0 Å². The van der Waals surface area contributed by atoms with E-state index in [1.165, 1.54) is 0 Å². The molecule has 2 rings (SSSR count). The van der Waals surface area contributed by atoms with Gasteiger partial charge in [0.2, 0.25) is 0 Å². The first-order valence-electron chi connectivity index (χ1n) is 4.16. The zero-order valence-corrected chi connectivity index (χ0v) is 7.49. The molecule has 2 aromatic rings. The van der Waals surface area contributed by atoms with Gasteiger partial charge in [-0.2, -0.15) is 0 Å². The Bertz CT molecular complexity index is 519. The Balaban J connectivity index is 2.75. The lowest BCUT2D eigenvalue weighted by Crippen LogP contribution is -1.83. The molecule has 14 heavy (non-hydrogen) atoms. The van der Waals surface area contributed by atoms with Crippen molar-refractivity contribution >= 4 is 10.9 Å². The van der Waals surface area contributed by atoms with Gasteiger partial charge in [0.25, 0.3) is 0 Å². The van der Waals surface area contributed by atoms with Crippen LogP contribution in [-0.4, -0.2) is 4.98 Å². The van der Waals surface area contributed by atoms with Crippen molar-refractivity contribution in [3.63, 3.8) is 0 Å². The monoisotopic (exact) mass is 177 g/mol. The lowest BCUT2D eigenvalue weighted by atomic mass is 10.1. The van der Waals surface area contributed by atoms with Gasteiger partial charge >= 0.3 is 0 Å². The van der Waals surface area contributed by atoms with Gasteiger partial charge in [0.05, 0.1) is 5.52 Å². The van der Waals surface area contributed by atoms with E-state index >= 15 is 0 Å². The number of rotatable bonds is 0. The Morgan fingerprint density at radius 3 is 2.43 bits per heavy atom. The molecule has 0 unspecified atom stereocenters. The summed E-state index contributed by atoms with van der Waals surface area (Å²) in [5.74, 6) is 5.12. The largest absolute Gasteiger partial charge is 0.255 e. The highest BCUT2D eigenvalue weighted by Gasteiger charge is 1.96. The Labute approximate surface area is 82.8 Å². The maximum atomic E-state index is 5.30. The van der Waals surface area contributed by atoms with Crippen LogP contribution in [0, 0.1) is 24.7 Å². The first-order valence-corrected chi connectivity index (χ1v) is 4.16. The molecule has 0 amide bonds. The van der Waals surface area contributed by atoms with Crippen molar-refractivity contribution in [2.24, 2.45) is 0 Å². The molecule has 0 radical (unpaired) electrons. The van der Waals surface area contributed by atoms with E-state index in [1.807, 2.05) is 24.3 Å². The molecule has 1 heteroatoms. The predicted molar refractivity (Wildman–Crippen MR) is 57.6 cm³/mol. The Hall–Kier alpha value is -2.25. The smallest absolute Gasteiger partial charge is 0.0703 e. The minimum absolute atomic E-state index is 0.770. The normalized spacial score (nSPS) is 9.29. The molecule has 1 aromatic carbocycles. The maximum absolute atomic E-state index is 5.30. The third-order valence-corrected chi connectivity index (χ3v) is 2.01. The molecule has 64 valence electrons. The Kier molecular flexibility index (Phi) is 1.94. The third kappa shape index (κ3) is 1.32. The quantitative estimate of drug-likeness (QED) is 0.562. The molecule has 1 aromatic heterocycles. The van der Waals surface area contributed by atoms with Gasteiger partial charge in [-0.3, -0.25) is 4.98 Å². The number of nitrogens with zero attached hydrogens (tertiary/aromatic N) is 1. The van der Waals surface area contributed by atoms with Gasteiger partial charge in [-0.15, -0.1) is 12.8 Å². The van der Waals surface area contributed by atoms with Crippen LogP contribution in [0.15, 0.2) is 30.5 Å². The number of hydrogen-bond donors (Lipinski definition) is 0. The summed E-state index contributed by atoms with van der Waals surface area (Å²) >= 11 is 0. The molecule has 0 fully saturated rings. The van der Waals surface area contributed by atoms with Crippen LogP contribution in [0.3, 0.4) is 0 Å². The molecule has 0 N–H and O–H groups in total. The van der Waals surface area contributed by atoms with E-state index < -0.39 is 0 Å². The van der Waals surface area contributed by atoms with Crippen molar-refractivity contribution < 1.29 is 0 Å². The summed E-state index contributed by atoms with van der Waals surface area (Å²) in [6, 6.07) is 7.57. The van der Waals surface area contributed by atoms with Crippen molar-refractivity contribution in [1.82, 2.24) is 4.98 Å². The van der Waals surface area contributed by atoms with Crippen molar-refractivity contribution in [1.29, 1.82) is 0 Å². The van der Waals surface area contributed by atoms with E-state index in [2.05, 4.69) is 16.8 Å². The van der Waals surface area contributed by atoms with Gasteiger partial charge in [0, 0.05) is 22.7 Å². The Morgan fingerprint density at radius 2 is 1.71 bits per heavy atom. The summed E-state index contributed by atoms with van der Waals surface area (Å²) in [7, 11) is 0. The molecule has 0 aliphatic carbocycles. The summed E-state index contributed by atoms with van der Waals surface area (Å²) in [5.41, 5.74) is 2.52. The standard InChI is InChI=1S/C13H7N/c1-3-10-5-6-13-12(7-10)8-11(4-2)9-14-13/h1-2,5-9H. The molecule has 1 nitrogen and oxygen atoms in total. The zero-order valence-electron chi connectivity index (χ0n) is 7.49. The molecule has 0 atom stereocenters. The molecular formula is C13H7N. The SMILES string of the molecule is C#Cc1ccc2ncc(C#C)cc2c1. The van der Waals surface area contributed by atoms with Crippen molar-refractivity contribution in [3.05, 3.63) is 41.6 Å². The van der Waals surface area contributed by atoms with E-state index in [9.17, 15) is 0 Å². The number of terminal acetylenes is 2.